The third kappa shape index (κ3) is 6.93. The monoisotopic (exact) mass is 587 g/mol. The third-order valence-corrected chi connectivity index (χ3v) is 7.40. The van der Waals surface area contributed by atoms with Crippen LogP contribution in [-0.4, -0.2) is 75.4 Å². The van der Waals surface area contributed by atoms with E-state index in [1.54, 1.807) is 50.1 Å². The van der Waals surface area contributed by atoms with Crippen LogP contribution in [0.5, 0.6) is 5.75 Å². The van der Waals surface area contributed by atoms with Gasteiger partial charge in [0.2, 0.25) is 0 Å². The lowest BCUT2D eigenvalue weighted by Gasteiger charge is -2.38. The van der Waals surface area contributed by atoms with Crippen molar-refractivity contribution in [2.45, 2.75) is 45.6 Å². The van der Waals surface area contributed by atoms with Crippen molar-refractivity contribution in [1.29, 1.82) is 0 Å². The lowest BCUT2D eigenvalue weighted by atomic mass is 9.98. The summed E-state index contributed by atoms with van der Waals surface area (Å²) in [6.45, 7) is 6.29. The molecule has 0 unspecified atom stereocenters. The minimum Gasteiger partial charge on any atom is -0.486 e. The maximum Gasteiger partial charge on any atom is 0.416 e. The Bertz CT molecular complexity index is 1420. The fraction of sp³-hybridized carbons (Fsp3) is 0.433. The number of benzene rings is 2. The predicted octanol–water partition coefficient (Wildman–Crippen LogP) is 4.35. The SMILES string of the molecule is Cc1cc(C(=O)Nc2cccc3c2O[C@@H](CN(C)Cc2ccc(C(F)(F)F)cc2)[C@@H](C)CN([C@@H](C)CO)C3=O)n(C)n1. The van der Waals surface area contributed by atoms with Gasteiger partial charge in [0.05, 0.1) is 35.2 Å². The number of carbonyl (C=O) groups is 2. The number of aliphatic hydroxyl groups excluding tert-OH is 1. The van der Waals surface area contributed by atoms with Crippen molar-refractivity contribution in [3.05, 3.63) is 76.6 Å². The average Bonchev–Trinajstić information content (AvgIpc) is 3.28. The minimum atomic E-state index is -4.41. The predicted molar refractivity (Wildman–Crippen MR) is 151 cm³/mol. The summed E-state index contributed by atoms with van der Waals surface area (Å²) in [5, 5.41) is 17.0. The van der Waals surface area contributed by atoms with Crippen LogP contribution >= 0.6 is 0 Å². The van der Waals surface area contributed by atoms with E-state index in [-0.39, 0.29) is 29.7 Å². The average molecular weight is 588 g/mol. The van der Waals surface area contributed by atoms with Gasteiger partial charge in [-0.2, -0.15) is 18.3 Å². The zero-order valence-electron chi connectivity index (χ0n) is 24.3. The Balaban J connectivity index is 1.64. The molecule has 3 atom stereocenters. The number of anilines is 1. The van der Waals surface area contributed by atoms with Gasteiger partial charge >= 0.3 is 6.18 Å². The maximum atomic E-state index is 13.7. The molecule has 9 nitrogen and oxygen atoms in total. The molecule has 12 heteroatoms. The van der Waals surface area contributed by atoms with E-state index in [9.17, 15) is 27.9 Å². The fourth-order valence-corrected chi connectivity index (χ4v) is 5.05. The number of aliphatic hydroxyl groups is 1. The first-order valence-electron chi connectivity index (χ1n) is 13.7. The topological polar surface area (TPSA) is 99.9 Å². The molecule has 4 rings (SSSR count). The third-order valence-electron chi connectivity index (χ3n) is 7.40. The van der Waals surface area contributed by atoms with E-state index < -0.39 is 29.8 Å². The number of amides is 2. The van der Waals surface area contributed by atoms with Crippen LogP contribution in [0.2, 0.25) is 0 Å². The van der Waals surface area contributed by atoms with Crippen LogP contribution < -0.4 is 10.1 Å². The van der Waals surface area contributed by atoms with Crippen LogP contribution in [0.3, 0.4) is 0 Å². The maximum absolute atomic E-state index is 13.7. The first-order chi connectivity index (χ1) is 19.8. The lowest BCUT2D eigenvalue weighted by molar-refractivity contribution is -0.137. The van der Waals surface area contributed by atoms with Crippen molar-refractivity contribution in [1.82, 2.24) is 19.6 Å². The number of aryl methyl sites for hydroxylation is 2. The number of nitrogens with one attached hydrogen (secondary N) is 1. The number of ether oxygens (including phenoxy) is 1. The first-order valence-corrected chi connectivity index (χ1v) is 13.7. The standard InChI is InChI=1S/C30H36F3N5O4/c1-18-14-38(20(3)17-39)29(41)23-7-6-8-24(34-28(40)25-13-19(2)35-37(25)5)27(23)42-26(18)16-36(4)15-21-9-11-22(12-10-21)30(31,32)33/h6-13,18,20,26,39H,14-17H2,1-5H3,(H,34,40)/t18-,20-,26-/m0/s1. The molecule has 0 saturated heterocycles. The zero-order chi connectivity index (χ0) is 30.8. The van der Waals surface area contributed by atoms with Gasteiger partial charge in [0.1, 0.15) is 11.8 Å². The number of nitrogens with zero attached hydrogens (tertiary/aromatic N) is 4. The first kappa shape index (κ1) is 31.0. The quantitative estimate of drug-likeness (QED) is 0.407. The Kier molecular flexibility index (Phi) is 9.27. The molecule has 0 bridgehead atoms. The highest BCUT2D eigenvalue weighted by Gasteiger charge is 2.35. The van der Waals surface area contributed by atoms with Crippen LogP contribution in [0.1, 0.15) is 51.5 Å². The Morgan fingerprint density at radius 3 is 2.52 bits per heavy atom. The van der Waals surface area contributed by atoms with Gasteiger partial charge in [0.15, 0.2) is 5.75 Å². The highest BCUT2D eigenvalue weighted by atomic mass is 19.4. The zero-order valence-corrected chi connectivity index (χ0v) is 24.3. The van der Waals surface area contributed by atoms with Gasteiger partial charge in [-0.05, 0) is 56.8 Å². The Labute approximate surface area is 242 Å². The van der Waals surface area contributed by atoms with Gasteiger partial charge in [0.25, 0.3) is 11.8 Å². The van der Waals surface area contributed by atoms with Gasteiger partial charge in [-0.1, -0.05) is 25.1 Å². The molecule has 0 fully saturated rings. The summed E-state index contributed by atoms with van der Waals surface area (Å²) < 4.78 is 47.0. The van der Waals surface area contributed by atoms with Gasteiger partial charge in [-0.25, -0.2) is 0 Å². The molecular formula is C30H36F3N5O4. The van der Waals surface area contributed by atoms with E-state index in [2.05, 4.69) is 10.4 Å². The molecule has 1 aromatic heterocycles. The van der Waals surface area contributed by atoms with E-state index in [1.165, 1.54) is 16.8 Å². The van der Waals surface area contributed by atoms with E-state index in [0.717, 1.165) is 12.1 Å². The molecule has 0 aliphatic carbocycles. The van der Waals surface area contributed by atoms with Crippen molar-refractivity contribution in [3.63, 3.8) is 0 Å². The number of alkyl halides is 3. The minimum absolute atomic E-state index is 0.199. The molecule has 226 valence electrons. The van der Waals surface area contributed by atoms with Crippen molar-refractivity contribution in [2.75, 3.05) is 32.1 Å². The summed E-state index contributed by atoms with van der Waals surface area (Å²) in [6, 6.07) is 11.1. The van der Waals surface area contributed by atoms with Crippen LogP contribution in [0, 0.1) is 12.8 Å². The van der Waals surface area contributed by atoms with Crippen molar-refractivity contribution in [2.24, 2.45) is 13.0 Å². The molecule has 42 heavy (non-hydrogen) atoms. The van der Waals surface area contributed by atoms with E-state index in [4.69, 9.17) is 4.74 Å². The second-order valence-corrected chi connectivity index (χ2v) is 10.9. The van der Waals surface area contributed by atoms with Gasteiger partial charge in [-0.15, -0.1) is 0 Å². The summed E-state index contributed by atoms with van der Waals surface area (Å²) >= 11 is 0. The summed E-state index contributed by atoms with van der Waals surface area (Å²) in [5.41, 5.74) is 1.56. The fourth-order valence-electron chi connectivity index (χ4n) is 5.05. The Morgan fingerprint density at radius 2 is 1.93 bits per heavy atom. The molecule has 2 heterocycles. The summed E-state index contributed by atoms with van der Waals surface area (Å²) in [4.78, 5) is 30.4. The van der Waals surface area contributed by atoms with Crippen LogP contribution in [0.25, 0.3) is 0 Å². The molecule has 0 saturated carbocycles. The smallest absolute Gasteiger partial charge is 0.416 e. The molecule has 1 aliphatic rings. The van der Waals surface area contributed by atoms with Crippen molar-refractivity contribution < 1.29 is 32.6 Å². The number of carbonyl (C=O) groups excluding carboxylic acids is 2. The molecule has 1 aliphatic heterocycles. The number of aromatic nitrogens is 2. The normalized spacial score (nSPS) is 18.2. The highest BCUT2D eigenvalue weighted by Crippen LogP contribution is 2.35. The van der Waals surface area contributed by atoms with E-state index >= 15 is 0 Å². The molecular weight excluding hydrogens is 551 g/mol. The highest BCUT2D eigenvalue weighted by molar-refractivity contribution is 6.06. The van der Waals surface area contributed by atoms with Gasteiger partial charge in [-0.3, -0.25) is 19.2 Å². The van der Waals surface area contributed by atoms with E-state index in [0.29, 0.717) is 42.3 Å². The molecule has 2 amide bonds. The Hall–Kier alpha value is -3.90. The molecule has 3 aromatic rings. The molecule has 0 radical (unpaired) electrons. The van der Waals surface area contributed by atoms with E-state index in [1.807, 2.05) is 18.9 Å². The number of likely N-dealkylation sites (N-methyl/N-ethyl adjacent to an activating group) is 1. The molecule has 2 aromatic carbocycles. The number of fused-ring (bicyclic) bond motifs is 1. The van der Waals surface area contributed by atoms with Crippen LogP contribution in [0.15, 0.2) is 48.5 Å². The lowest BCUT2D eigenvalue weighted by Crippen LogP contribution is -2.49. The summed E-state index contributed by atoms with van der Waals surface area (Å²) in [6.07, 6.45) is -4.88. The second-order valence-electron chi connectivity index (χ2n) is 10.9. The number of hydrogen-bond donors (Lipinski definition) is 2. The number of hydrogen-bond acceptors (Lipinski definition) is 6. The van der Waals surface area contributed by atoms with Crippen molar-refractivity contribution in [3.8, 4) is 5.75 Å². The summed E-state index contributed by atoms with van der Waals surface area (Å²) in [5.74, 6) is -0.740. The molecule has 2 N–H and O–H groups in total. The number of para-hydroxylation sites is 1. The largest absolute Gasteiger partial charge is 0.486 e. The number of halogens is 3. The second kappa shape index (κ2) is 12.5. The van der Waals surface area contributed by atoms with Gasteiger partial charge < -0.3 is 20.1 Å². The van der Waals surface area contributed by atoms with Crippen LogP contribution in [-0.2, 0) is 19.8 Å². The van der Waals surface area contributed by atoms with Gasteiger partial charge in [0, 0.05) is 32.6 Å². The van der Waals surface area contributed by atoms with Crippen LogP contribution in [0.4, 0.5) is 18.9 Å². The molecule has 0 spiro atoms. The van der Waals surface area contributed by atoms with Crippen molar-refractivity contribution >= 4 is 17.5 Å². The Morgan fingerprint density at radius 1 is 1.24 bits per heavy atom. The summed E-state index contributed by atoms with van der Waals surface area (Å²) in [7, 11) is 3.50. The number of rotatable bonds is 8.